The molecule has 31 heavy (non-hydrogen) atoms. The Kier molecular flexibility index (Phi) is 6.14. The van der Waals surface area contributed by atoms with E-state index in [0.717, 1.165) is 31.5 Å². The van der Waals surface area contributed by atoms with Crippen LogP contribution in [0, 0.1) is 11.6 Å². The molecule has 0 N–H and O–H groups in total. The van der Waals surface area contributed by atoms with Crippen molar-refractivity contribution in [1.82, 2.24) is 18.7 Å². The molecule has 168 valence electrons. The minimum absolute atomic E-state index is 0.0222. The third-order valence-corrected chi connectivity index (χ3v) is 8.04. The molecular formula is C21H26F2N4O3S. The summed E-state index contributed by atoms with van der Waals surface area (Å²) in [6.45, 7) is 1.93. The number of sulfonamides is 1. The van der Waals surface area contributed by atoms with E-state index in [1.807, 2.05) is 19.3 Å². The van der Waals surface area contributed by atoms with Gasteiger partial charge in [-0.3, -0.25) is 9.69 Å². The second kappa shape index (κ2) is 8.68. The Hall–Kier alpha value is -2.30. The number of carbonyl (C=O) groups is 1. The third kappa shape index (κ3) is 4.37. The van der Waals surface area contributed by atoms with E-state index >= 15 is 0 Å². The smallest absolute Gasteiger partial charge is 0.243 e. The van der Waals surface area contributed by atoms with Gasteiger partial charge in [0.25, 0.3) is 0 Å². The SMILES string of the molecule is Cn1cccc1[C@H]1CCCN1CC(=O)N1CCN(S(=O)(=O)c2ccc(F)c(F)c2)CC1. The highest BCUT2D eigenvalue weighted by Crippen LogP contribution is 2.31. The van der Waals surface area contributed by atoms with E-state index in [0.29, 0.717) is 12.6 Å². The first-order chi connectivity index (χ1) is 14.8. The molecule has 0 aliphatic carbocycles. The van der Waals surface area contributed by atoms with Crippen molar-refractivity contribution in [2.45, 2.75) is 23.8 Å². The van der Waals surface area contributed by atoms with Gasteiger partial charge in [0.1, 0.15) is 0 Å². The molecule has 10 heteroatoms. The van der Waals surface area contributed by atoms with Crippen LogP contribution in [0.4, 0.5) is 8.78 Å². The Morgan fingerprint density at radius 3 is 2.45 bits per heavy atom. The van der Waals surface area contributed by atoms with Crippen molar-refractivity contribution in [3.05, 3.63) is 53.9 Å². The van der Waals surface area contributed by atoms with Crippen molar-refractivity contribution in [3.8, 4) is 0 Å². The summed E-state index contributed by atoms with van der Waals surface area (Å²) in [7, 11) is -1.94. The van der Waals surface area contributed by atoms with E-state index in [-0.39, 0.29) is 43.0 Å². The summed E-state index contributed by atoms with van der Waals surface area (Å²) < 4.78 is 55.4. The molecule has 1 amide bonds. The van der Waals surface area contributed by atoms with Crippen LogP contribution in [-0.2, 0) is 21.9 Å². The fraction of sp³-hybridized carbons (Fsp3) is 0.476. The van der Waals surface area contributed by atoms with Crippen molar-refractivity contribution >= 4 is 15.9 Å². The van der Waals surface area contributed by atoms with Crippen molar-refractivity contribution < 1.29 is 22.0 Å². The first kappa shape index (κ1) is 21.9. The lowest BCUT2D eigenvalue weighted by atomic mass is 10.1. The molecule has 2 aliphatic heterocycles. The van der Waals surface area contributed by atoms with Crippen molar-refractivity contribution in [2.24, 2.45) is 7.05 Å². The van der Waals surface area contributed by atoms with Crippen LogP contribution in [0.15, 0.2) is 41.4 Å². The number of carbonyl (C=O) groups excluding carboxylic acids is 1. The summed E-state index contributed by atoms with van der Waals surface area (Å²) >= 11 is 0. The van der Waals surface area contributed by atoms with Gasteiger partial charge in [0.15, 0.2) is 11.6 Å². The lowest BCUT2D eigenvalue weighted by Gasteiger charge is -2.35. The van der Waals surface area contributed by atoms with Crippen LogP contribution in [-0.4, -0.2) is 72.3 Å². The highest BCUT2D eigenvalue weighted by Gasteiger charge is 2.33. The number of rotatable bonds is 5. The summed E-state index contributed by atoms with van der Waals surface area (Å²) in [5.74, 6) is -2.32. The average molecular weight is 453 g/mol. The Balaban J connectivity index is 1.36. The largest absolute Gasteiger partial charge is 0.353 e. The zero-order valence-electron chi connectivity index (χ0n) is 17.4. The van der Waals surface area contributed by atoms with Gasteiger partial charge in [0, 0.05) is 45.1 Å². The molecule has 7 nitrogen and oxygen atoms in total. The number of nitrogens with zero attached hydrogens (tertiary/aromatic N) is 4. The molecular weight excluding hydrogens is 426 g/mol. The van der Waals surface area contributed by atoms with Gasteiger partial charge in [-0.15, -0.1) is 0 Å². The van der Waals surface area contributed by atoms with Gasteiger partial charge >= 0.3 is 0 Å². The normalized spacial score (nSPS) is 21.0. The van der Waals surface area contributed by atoms with E-state index in [1.165, 1.54) is 10.00 Å². The third-order valence-electron chi connectivity index (χ3n) is 6.15. The predicted molar refractivity (Wildman–Crippen MR) is 111 cm³/mol. The van der Waals surface area contributed by atoms with Crippen LogP contribution in [0.25, 0.3) is 0 Å². The van der Waals surface area contributed by atoms with Gasteiger partial charge in [0.05, 0.1) is 17.5 Å². The Bertz CT molecular complexity index is 1060. The maximum absolute atomic E-state index is 13.5. The Labute approximate surface area is 180 Å². The second-order valence-electron chi connectivity index (χ2n) is 8.03. The molecule has 0 saturated carbocycles. The van der Waals surface area contributed by atoms with Crippen LogP contribution in [0.3, 0.4) is 0 Å². The number of amides is 1. The van der Waals surface area contributed by atoms with Crippen LogP contribution < -0.4 is 0 Å². The number of aryl methyl sites for hydroxylation is 1. The number of likely N-dealkylation sites (tertiary alicyclic amines) is 1. The van der Waals surface area contributed by atoms with Crippen molar-refractivity contribution in [1.29, 1.82) is 0 Å². The fourth-order valence-electron chi connectivity index (χ4n) is 4.41. The van der Waals surface area contributed by atoms with Gasteiger partial charge in [-0.2, -0.15) is 4.31 Å². The first-order valence-corrected chi connectivity index (χ1v) is 11.8. The minimum Gasteiger partial charge on any atom is -0.353 e. The van der Waals surface area contributed by atoms with E-state index in [9.17, 15) is 22.0 Å². The molecule has 0 radical (unpaired) electrons. The molecule has 4 rings (SSSR count). The highest BCUT2D eigenvalue weighted by atomic mass is 32.2. The van der Waals surface area contributed by atoms with Crippen LogP contribution in [0.2, 0.25) is 0 Å². The fourth-order valence-corrected chi connectivity index (χ4v) is 5.84. The number of halogens is 2. The average Bonchev–Trinajstić information content (AvgIpc) is 3.38. The standard InChI is InChI=1S/C21H26F2N4O3S/c1-24-8-2-4-19(24)20-5-3-9-26(20)15-21(28)25-10-12-27(13-11-25)31(29,30)16-6-7-17(22)18(23)14-16/h2,4,6-8,14,20H,3,5,9-13,15H2,1H3/t20-/m1/s1. The lowest BCUT2D eigenvalue weighted by Crippen LogP contribution is -2.52. The van der Waals surface area contributed by atoms with Crippen LogP contribution in [0.5, 0.6) is 0 Å². The summed E-state index contributed by atoms with van der Waals surface area (Å²) in [5, 5.41) is 0. The van der Waals surface area contributed by atoms with E-state index in [1.54, 1.807) is 4.90 Å². The molecule has 0 unspecified atom stereocenters. The maximum Gasteiger partial charge on any atom is 0.243 e. The number of hydrogen-bond donors (Lipinski definition) is 0. The first-order valence-electron chi connectivity index (χ1n) is 10.4. The number of aromatic nitrogens is 1. The Morgan fingerprint density at radius 2 is 1.81 bits per heavy atom. The molecule has 3 heterocycles. The number of benzene rings is 1. The molecule has 1 atom stereocenters. The molecule has 2 aromatic rings. The van der Waals surface area contributed by atoms with E-state index in [4.69, 9.17) is 0 Å². The molecule has 2 fully saturated rings. The summed E-state index contributed by atoms with van der Waals surface area (Å²) in [5.41, 5.74) is 1.19. The predicted octanol–water partition coefficient (Wildman–Crippen LogP) is 1.97. The molecule has 2 saturated heterocycles. The van der Waals surface area contributed by atoms with Crippen LogP contribution in [0.1, 0.15) is 24.6 Å². The van der Waals surface area contributed by atoms with Gasteiger partial charge in [-0.25, -0.2) is 17.2 Å². The number of piperazine rings is 1. The zero-order valence-corrected chi connectivity index (χ0v) is 18.2. The van der Waals surface area contributed by atoms with Crippen molar-refractivity contribution in [3.63, 3.8) is 0 Å². The van der Waals surface area contributed by atoms with Gasteiger partial charge in [-0.05, 0) is 49.7 Å². The molecule has 0 bridgehead atoms. The molecule has 2 aliphatic rings. The summed E-state index contributed by atoms with van der Waals surface area (Å²) in [6.07, 6.45) is 4.04. The quantitative estimate of drug-likeness (QED) is 0.696. The minimum atomic E-state index is -3.94. The summed E-state index contributed by atoms with van der Waals surface area (Å²) in [4.78, 5) is 16.5. The molecule has 1 aromatic heterocycles. The lowest BCUT2D eigenvalue weighted by molar-refractivity contribution is -0.133. The van der Waals surface area contributed by atoms with Crippen molar-refractivity contribution in [2.75, 3.05) is 39.3 Å². The van der Waals surface area contributed by atoms with Crippen LogP contribution >= 0.6 is 0 Å². The van der Waals surface area contributed by atoms with Gasteiger partial charge in [0.2, 0.25) is 15.9 Å². The maximum atomic E-state index is 13.5. The molecule has 0 spiro atoms. The summed E-state index contributed by atoms with van der Waals surface area (Å²) in [6, 6.07) is 6.84. The van der Waals surface area contributed by atoms with Gasteiger partial charge in [-0.1, -0.05) is 0 Å². The molecule has 1 aromatic carbocycles. The monoisotopic (exact) mass is 452 g/mol. The highest BCUT2D eigenvalue weighted by molar-refractivity contribution is 7.89. The number of hydrogen-bond acceptors (Lipinski definition) is 4. The second-order valence-corrected chi connectivity index (χ2v) is 9.97. The Morgan fingerprint density at radius 1 is 1.06 bits per heavy atom. The zero-order chi connectivity index (χ0) is 22.2. The van der Waals surface area contributed by atoms with E-state index < -0.39 is 21.7 Å². The topological polar surface area (TPSA) is 65.9 Å². The van der Waals surface area contributed by atoms with E-state index in [2.05, 4.69) is 15.5 Å². The van der Waals surface area contributed by atoms with Gasteiger partial charge < -0.3 is 9.47 Å².